The summed E-state index contributed by atoms with van der Waals surface area (Å²) >= 11 is 0. The van der Waals surface area contributed by atoms with Crippen molar-refractivity contribution in [1.29, 1.82) is 0 Å². The second-order valence-electron chi connectivity index (χ2n) is 15.6. The lowest BCUT2D eigenvalue weighted by Gasteiger charge is -2.30. The molecule has 0 atom stereocenters. The van der Waals surface area contributed by atoms with Crippen LogP contribution in [-0.2, 0) is 0 Å². The SMILES string of the molecule is c1ccc(N(c2ccc3c4ccccc4c4ccccc4c3c2)c2ccccc2-c2ccc3c(ccc4ccccc43)c2)c(-c2ccc3c(ccc4ccccc43)c2)c1. The molecule has 12 rings (SSSR count). The van der Waals surface area contributed by atoms with Crippen LogP contribution in [0.4, 0.5) is 17.1 Å². The van der Waals surface area contributed by atoms with E-state index in [1.54, 1.807) is 0 Å². The van der Waals surface area contributed by atoms with Gasteiger partial charge in [0.05, 0.1) is 11.4 Å². The van der Waals surface area contributed by atoms with Crippen LogP contribution < -0.4 is 4.90 Å². The zero-order valence-electron chi connectivity index (χ0n) is 32.3. The van der Waals surface area contributed by atoms with E-state index in [2.05, 4.69) is 229 Å². The van der Waals surface area contributed by atoms with E-state index in [0.29, 0.717) is 0 Å². The highest BCUT2D eigenvalue weighted by Gasteiger charge is 2.22. The van der Waals surface area contributed by atoms with Crippen molar-refractivity contribution in [3.8, 4) is 22.3 Å². The summed E-state index contributed by atoms with van der Waals surface area (Å²) in [5.74, 6) is 0. The molecule has 0 aliphatic carbocycles. The van der Waals surface area contributed by atoms with E-state index in [1.165, 1.54) is 97.7 Å². The number of nitrogens with zero attached hydrogens (tertiary/aromatic N) is 1. The third-order valence-electron chi connectivity index (χ3n) is 12.4. The van der Waals surface area contributed by atoms with Gasteiger partial charge < -0.3 is 4.90 Å². The molecule has 0 N–H and O–H groups in total. The van der Waals surface area contributed by atoms with Crippen molar-refractivity contribution in [1.82, 2.24) is 0 Å². The highest BCUT2D eigenvalue weighted by Crippen LogP contribution is 2.47. The average Bonchev–Trinajstić information content (AvgIpc) is 3.31. The highest BCUT2D eigenvalue weighted by molar-refractivity contribution is 6.26. The van der Waals surface area contributed by atoms with E-state index in [1.807, 2.05) is 0 Å². The summed E-state index contributed by atoms with van der Waals surface area (Å²) in [5.41, 5.74) is 8.06. The Morgan fingerprint density at radius 3 is 1.08 bits per heavy atom. The van der Waals surface area contributed by atoms with Gasteiger partial charge in [-0.25, -0.2) is 0 Å². The molecular weight excluding hydrogens is 711 g/mol. The van der Waals surface area contributed by atoms with E-state index >= 15 is 0 Å². The number of fused-ring (bicyclic) bond motifs is 12. The molecule has 0 aliphatic rings. The first kappa shape index (κ1) is 33.4. The van der Waals surface area contributed by atoms with Gasteiger partial charge in [-0.15, -0.1) is 0 Å². The summed E-state index contributed by atoms with van der Waals surface area (Å²) < 4.78 is 0. The average molecular weight is 748 g/mol. The number of para-hydroxylation sites is 2. The third kappa shape index (κ3) is 5.40. The van der Waals surface area contributed by atoms with Crippen LogP contribution in [0, 0.1) is 0 Å². The Hall–Kier alpha value is -7.74. The first-order chi connectivity index (χ1) is 29.3. The van der Waals surface area contributed by atoms with Crippen molar-refractivity contribution in [3.63, 3.8) is 0 Å². The summed E-state index contributed by atoms with van der Waals surface area (Å²) in [7, 11) is 0. The first-order valence-electron chi connectivity index (χ1n) is 20.4. The van der Waals surface area contributed by atoms with Gasteiger partial charge in [-0.05, 0) is 123 Å². The fourth-order valence-corrected chi connectivity index (χ4v) is 9.63. The third-order valence-corrected chi connectivity index (χ3v) is 12.4. The summed E-state index contributed by atoms with van der Waals surface area (Å²) in [6.07, 6.45) is 0. The van der Waals surface area contributed by atoms with Gasteiger partial charge in [0, 0.05) is 16.8 Å². The molecule has 0 aliphatic heterocycles. The maximum absolute atomic E-state index is 2.49. The molecule has 0 fully saturated rings. The van der Waals surface area contributed by atoms with E-state index in [-0.39, 0.29) is 0 Å². The standard InChI is InChI=1S/C58H37N/c1-3-15-45-38(13-1)25-27-40-35-42(29-32-47(40)45)49-17-9-11-23-57(49)59(44-31-34-55-53-21-6-5-19-51(53)52-20-7-8-22-54(52)56(55)37-44)58-24-12-10-18-50(58)43-30-33-48-41(36-43)28-26-39-14-2-4-16-46(39)48/h1-37H. The second kappa shape index (κ2) is 13.4. The smallest absolute Gasteiger partial charge is 0.0540 e. The van der Waals surface area contributed by atoms with Crippen molar-refractivity contribution in [2.45, 2.75) is 0 Å². The molecule has 0 saturated heterocycles. The Morgan fingerprint density at radius 1 is 0.220 bits per heavy atom. The van der Waals surface area contributed by atoms with Crippen molar-refractivity contribution in [2.24, 2.45) is 0 Å². The molecule has 0 amide bonds. The number of benzene rings is 12. The van der Waals surface area contributed by atoms with Crippen molar-refractivity contribution in [2.75, 3.05) is 4.90 Å². The molecule has 12 aromatic carbocycles. The quantitative estimate of drug-likeness (QED) is 0.159. The van der Waals surface area contributed by atoms with Crippen molar-refractivity contribution in [3.05, 3.63) is 224 Å². The minimum Gasteiger partial charge on any atom is -0.309 e. The van der Waals surface area contributed by atoms with Crippen LogP contribution in [0.1, 0.15) is 0 Å². The number of hydrogen-bond donors (Lipinski definition) is 0. The molecule has 1 heteroatoms. The Morgan fingerprint density at radius 2 is 0.576 bits per heavy atom. The van der Waals surface area contributed by atoms with Gasteiger partial charge in [0.25, 0.3) is 0 Å². The van der Waals surface area contributed by atoms with Gasteiger partial charge in [-0.2, -0.15) is 0 Å². The van der Waals surface area contributed by atoms with Crippen LogP contribution in [-0.4, -0.2) is 0 Å². The van der Waals surface area contributed by atoms with Gasteiger partial charge >= 0.3 is 0 Å². The highest BCUT2D eigenvalue weighted by atomic mass is 15.1. The van der Waals surface area contributed by atoms with E-state index < -0.39 is 0 Å². The normalized spacial score (nSPS) is 11.7. The van der Waals surface area contributed by atoms with Crippen LogP contribution in [0.3, 0.4) is 0 Å². The molecule has 0 saturated carbocycles. The molecular formula is C58H37N. The fourth-order valence-electron chi connectivity index (χ4n) is 9.63. The fraction of sp³-hybridized carbons (Fsp3) is 0. The summed E-state index contributed by atoms with van der Waals surface area (Å²) in [6.45, 7) is 0. The molecule has 0 bridgehead atoms. The molecule has 12 aromatic rings. The van der Waals surface area contributed by atoms with Gasteiger partial charge in [0.15, 0.2) is 0 Å². The topological polar surface area (TPSA) is 3.24 Å². The van der Waals surface area contributed by atoms with Gasteiger partial charge in [-0.3, -0.25) is 0 Å². The van der Waals surface area contributed by atoms with Crippen LogP contribution in [0.2, 0.25) is 0 Å². The molecule has 0 unspecified atom stereocenters. The number of rotatable bonds is 5. The molecule has 59 heavy (non-hydrogen) atoms. The molecule has 1 nitrogen and oxygen atoms in total. The Kier molecular flexibility index (Phi) is 7.61. The van der Waals surface area contributed by atoms with Crippen molar-refractivity contribution >= 4 is 92.5 Å². The number of anilines is 3. The van der Waals surface area contributed by atoms with Gasteiger partial charge in [0.1, 0.15) is 0 Å². The number of hydrogen-bond acceptors (Lipinski definition) is 1. The zero-order chi connectivity index (χ0) is 38.9. The maximum Gasteiger partial charge on any atom is 0.0540 e. The lowest BCUT2D eigenvalue weighted by molar-refractivity contribution is 1.29. The van der Waals surface area contributed by atoms with E-state index in [4.69, 9.17) is 0 Å². The van der Waals surface area contributed by atoms with E-state index in [9.17, 15) is 0 Å². The Bertz CT molecular complexity index is 3440. The van der Waals surface area contributed by atoms with E-state index in [0.717, 1.165) is 17.1 Å². The monoisotopic (exact) mass is 747 g/mol. The van der Waals surface area contributed by atoms with Crippen LogP contribution in [0.5, 0.6) is 0 Å². The zero-order valence-corrected chi connectivity index (χ0v) is 32.3. The van der Waals surface area contributed by atoms with Gasteiger partial charge in [-0.1, -0.05) is 188 Å². The van der Waals surface area contributed by atoms with Crippen LogP contribution in [0.15, 0.2) is 224 Å². The molecule has 0 aromatic heterocycles. The summed E-state index contributed by atoms with van der Waals surface area (Å²) in [5, 5.41) is 17.7. The van der Waals surface area contributed by atoms with Crippen LogP contribution in [0.25, 0.3) is 97.7 Å². The molecule has 0 radical (unpaired) electrons. The summed E-state index contributed by atoms with van der Waals surface area (Å²) in [4.78, 5) is 2.49. The van der Waals surface area contributed by atoms with Crippen molar-refractivity contribution < 1.29 is 0 Å². The summed E-state index contributed by atoms with van der Waals surface area (Å²) in [6, 6.07) is 82.8. The molecule has 0 spiro atoms. The lowest BCUT2D eigenvalue weighted by atomic mass is 9.93. The predicted octanol–water partition coefficient (Wildman–Crippen LogP) is 16.6. The minimum atomic E-state index is 1.11. The van der Waals surface area contributed by atoms with Gasteiger partial charge in [0.2, 0.25) is 0 Å². The maximum atomic E-state index is 2.49. The Labute approximate surface area is 342 Å². The molecule has 0 heterocycles. The minimum absolute atomic E-state index is 1.11. The first-order valence-corrected chi connectivity index (χ1v) is 20.4. The molecule has 274 valence electrons. The Balaban J connectivity index is 1.12. The lowest BCUT2D eigenvalue weighted by Crippen LogP contribution is -2.12. The predicted molar refractivity (Wildman–Crippen MR) is 255 cm³/mol. The largest absolute Gasteiger partial charge is 0.309 e. The second-order valence-corrected chi connectivity index (χ2v) is 15.6. The van der Waals surface area contributed by atoms with Crippen LogP contribution >= 0.6 is 0 Å².